The zero-order valence-electron chi connectivity index (χ0n) is 52.3. The van der Waals surface area contributed by atoms with E-state index in [0.29, 0.717) is 50.3 Å². The number of sulfone groups is 1. The van der Waals surface area contributed by atoms with E-state index >= 15 is 0 Å². The van der Waals surface area contributed by atoms with Gasteiger partial charge in [-0.3, -0.25) is 9.08 Å². The monoisotopic (exact) mass is 1270 g/mol. The number of ketones is 1. The van der Waals surface area contributed by atoms with E-state index in [1.54, 1.807) is 79.1 Å². The smallest absolute Gasteiger partial charge is 0.362 e. The van der Waals surface area contributed by atoms with Gasteiger partial charge in [0.1, 0.15) is 34.0 Å². The van der Waals surface area contributed by atoms with Gasteiger partial charge in [0.2, 0.25) is 0 Å². The second kappa shape index (κ2) is 31.1. The fourth-order valence-corrected chi connectivity index (χ4v) is 11.7. The molecule has 0 saturated carbocycles. The van der Waals surface area contributed by atoms with Gasteiger partial charge in [-0.25, -0.2) is 8.42 Å². The van der Waals surface area contributed by atoms with E-state index in [2.05, 4.69) is 59.3 Å². The maximum atomic E-state index is 12.0. The largest absolute Gasteiger partial charge is 0.507 e. The number of phenolic OH excluding ortho intramolecular Hbond substituents is 3. The SMILES string of the molecule is COCc1cc(C(C)(C)c2ccc(C(C)(c3cc(COC)c(O)c(COC)c3)c3cc(COC)c(O)c(COC)c3)cc2)cc(COC)c1O.COc1ccc(/C(C#N)=N/OS(=O)(=O)c2ccc(C)cc2)cc1.CS(=O)(=O)c1cccc2c1C=CC(=[N+]=[N-])C2=O. The molecule has 0 unspecified atom stereocenters. The number of carbonyl (C=O) groups is 1. The molecule has 1 aliphatic carbocycles. The van der Waals surface area contributed by atoms with Gasteiger partial charge in [-0.05, 0) is 127 Å². The Morgan fingerprint density at radius 3 is 1.39 bits per heavy atom. The number of aromatic hydroxyl groups is 3. The van der Waals surface area contributed by atoms with Gasteiger partial charge < -0.3 is 54.0 Å². The normalized spacial score (nSPS) is 12.4. The van der Waals surface area contributed by atoms with Crippen LogP contribution in [0.2, 0.25) is 0 Å². The molecule has 474 valence electrons. The zero-order valence-corrected chi connectivity index (χ0v) is 53.9. The summed E-state index contributed by atoms with van der Waals surface area (Å²) in [7, 11) is 3.66. The minimum atomic E-state index is -4.07. The summed E-state index contributed by atoms with van der Waals surface area (Å²) in [5.41, 5.74) is 17.9. The van der Waals surface area contributed by atoms with Crippen molar-refractivity contribution in [3.05, 3.63) is 222 Å². The lowest BCUT2D eigenvalue weighted by atomic mass is 9.68. The van der Waals surface area contributed by atoms with Crippen molar-refractivity contribution in [3.8, 4) is 29.1 Å². The summed E-state index contributed by atoms with van der Waals surface area (Å²) >= 11 is 0. The van der Waals surface area contributed by atoms with Crippen LogP contribution in [0.1, 0.15) is 109 Å². The molecule has 0 atom stereocenters. The lowest BCUT2D eigenvalue weighted by Crippen LogP contribution is -2.27. The molecule has 22 heteroatoms. The first kappa shape index (κ1) is 70.2. The molecule has 7 aromatic rings. The highest BCUT2D eigenvalue weighted by atomic mass is 32.2. The van der Waals surface area contributed by atoms with Crippen LogP contribution >= 0.6 is 0 Å². The van der Waals surface area contributed by atoms with Gasteiger partial charge in [-0.15, -0.1) is 0 Å². The number of benzene rings is 7. The number of aryl methyl sites for hydroxylation is 1. The molecule has 90 heavy (non-hydrogen) atoms. The summed E-state index contributed by atoms with van der Waals surface area (Å²) in [6, 6.07) is 39.2. The van der Waals surface area contributed by atoms with Crippen molar-refractivity contribution in [1.82, 2.24) is 0 Å². The van der Waals surface area contributed by atoms with Crippen molar-refractivity contribution in [2.45, 2.75) is 88.0 Å². The lowest BCUT2D eigenvalue weighted by Gasteiger charge is -2.35. The summed E-state index contributed by atoms with van der Waals surface area (Å²) in [5, 5.41) is 45.8. The minimum Gasteiger partial charge on any atom is -0.507 e. The van der Waals surface area contributed by atoms with Crippen molar-refractivity contribution in [2.75, 3.05) is 56.0 Å². The molecular weight excluding hydrogens is 1190 g/mol. The Hall–Kier alpha value is -8.85. The van der Waals surface area contributed by atoms with Crippen molar-refractivity contribution in [2.24, 2.45) is 5.16 Å². The van der Waals surface area contributed by atoms with Crippen LogP contribution < -0.4 is 4.74 Å². The van der Waals surface area contributed by atoms with Crippen LogP contribution in [-0.4, -0.2) is 110 Å². The van der Waals surface area contributed by atoms with E-state index in [0.717, 1.165) is 39.6 Å². The van der Waals surface area contributed by atoms with Crippen LogP contribution in [0.3, 0.4) is 0 Å². The first-order valence-corrected chi connectivity index (χ1v) is 31.1. The van der Waals surface area contributed by atoms with Crippen LogP contribution in [0.25, 0.3) is 11.6 Å². The molecule has 0 radical (unpaired) electrons. The highest BCUT2D eigenvalue weighted by molar-refractivity contribution is 7.90. The molecule has 0 spiro atoms. The highest BCUT2D eigenvalue weighted by Gasteiger charge is 2.36. The molecule has 1 aliphatic rings. The van der Waals surface area contributed by atoms with Crippen LogP contribution in [-0.2, 0) is 103 Å². The Kier molecular flexibility index (Phi) is 24.2. The summed E-state index contributed by atoms with van der Waals surface area (Å²) in [6.45, 7) is 9.68. The fourth-order valence-electron chi connectivity index (χ4n) is 10.1. The summed E-state index contributed by atoms with van der Waals surface area (Å²) in [4.78, 5) is 14.7. The number of ether oxygens (including phenoxy) is 7. The second-order valence-corrected chi connectivity index (χ2v) is 25.1. The molecule has 0 bridgehead atoms. The van der Waals surface area contributed by atoms with Crippen molar-refractivity contribution in [1.29, 1.82) is 5.26 Å². The third-order valence-corrected chi connectivity index (χ3v) is 17.4. The van der Waals surface area contributed by atoms with Crippen molar-refractivity contribution in [3.63, 3.8) is 0 Å². The van der Waals surface area contributed by atoms with Gasteiger partial charge in [0.15, 0.2) is 15.5 Å². The Morgan fingerprint density at radius 2 is 1.00 bits per heavy atom. The van der Waals surface area contributed by atoms with Crippen molar-refractivity contribution < 1.29 is 79.2 Å². The predicted octanol–water partition coefficient (Wildman–Crippen LogP) is 11.0. The maximum Gasteiger partial charge on any atom is 0.362 e. The van der Waals surface area contributed by atoms with E-state index in [9.17, 15) is 36.9 Å². The van der Waals surface area contributed by atoms with Crippen molar-refractivity contribution >= 4 is 43.2 Å². The number of carbonyl (C=O) groups excluding carboxylic acids is 1. The number of fused-ring (bicyclic) bond motifs is 1. The third-order valence-electron chi connectivity index (χ3n) is 15.1. The molecule has 0 fully saturated rings. The number of oxime groups is 1. The van der Waals surface area contributed by atoms with E-state index < -0.39 is 36.6 Å². The van der Waals surface area contributed by atoms with Crippen LogP contribution in [0.15, 0.2) is 148 Å². The van der Waals surface area contributed by atoms with Crippen LogP contribution in [0.5, 0.6) is 23.0 Å². The topological polar surface area (TPSA) is 292 Å². The van der Waals surface area contributed by atoms with E-state index in [-0.39, 0.29) is 83.7 Å². The lowest BCUT2D eigenvalue weighted by molar-refractivity contribution is -0.00436. The number of hydrogen-bond acceptors (Lipinski definition) is 18. The number of Topliss-reactive ketones (excluding diaryl/α,β-unsaturated/α-hetero) is 1. The number of hydrogen-bond donors (Lipinski definition) is 3. The van der Waals surface area contributed by atoms with Gasteiger partial charge >= 0.3 is 15.8 Å². The molecule has 3 N–H and O–H groups in total. The Balaban J connectivity index is 0.000000262. The average molecular weight is 1270 g/mol. The molecule has 20 nitrogen and oxygen atoms in total. The molecule has 0 aliphatic heterocycles. The molecule has 0 heterocycles. The van der Waals surface area contributed by atoms with E-state index in [1.165, 1.54) is 49.6 Å². The summed E-state index contributed by atoms with van der Waals surface area (Å²) < 4.78 is 89.5. The molecule has 8 rings (SSSR count). The summed E-state index contributed by atoms with van der Waals surface area (Å²) in [6.07, 6.45) is 3.83. The van der Waals surface area contributed by atoms with Gasteiger partial charge in [0.25, 0.3) is 5.78 Å². The highest BCUT2D eigenvalue weighted by Crippen LogP contribution is 2.45. The quantitative estimate of drug-likeness (QED) is 0.0176. The predicted molar refractivity (Wildman–Crippen MR) is 339 cm³/mol. The Morgan fingerprint density at radius 1 is 0.578 bits per heavy atom. The number of phenols is 3. The van der Waals surface area contributed by atoms with E-state index in [4.69, 9.17) is 44.0 Å². The number of nitriles is 1. The number of nitrogens with zero attached hydrogens (tertiary/aromatic N) is 4. The molecule has 0 aromatic heterocycles. The summed E-state index contributed by atoms with van der Waals surface area (Å²) in [5.74, 6) is 0.577. The van der Waals surface area contributed by atoms with Gasteiger partial charge in [-0.1, -0.05) is 73.1 Å². The maximum absolute atomic E-state index is 12.0. The third kappa shape index (κ3) is 16.3. The molecule has 0 saturated heterocycles. The average Bonchev–Trinajstić information content (AvgIpc) is 0.759. The fraction of sp³-hybridized carbons (Fsp3) is 0.294. The standard InChI is InChI=1S/C41H52O9.C16H14N2O4S.C11H8N2O3S/c1-40(2,34-14-26(20-45-4)37(42)27(15-34)21-46-5)32-10-12-33(13-11-32)41(3,35-16-28(22-47-6)38(43)29(17-35)23-48-7)36-18-30(24-49-8)39(44)31(19-36)25-50-9;1-12-3-9-15(10-4-12)23(19,20)22-18-16(11-17)13-5-7-14(21-2)8-6-13;1-17(15,16)10-4-2-3-8-7(10)5-6-9(13-12)11(8)14/h10-19,42-44H,20-25H2,1-9H3;3-10H,1-2H3;2-6H,1H3/b;18-16+;. The van der Waals surface area contributed by atoms with Crippen LogP contribution in [0.4, 0.5) is 0 Å². The van der Waals surface area contributed by atoms with Gasteiger partial charge in [-0.2, -0.15) is 18.5 Å². The minimum absolute atomic E-state index is 0.0288. The first-order chi connectivity index (χ1) is 42.8. The van der Waals surface area contributed by atoms with Gasteiger partial charge in [0, 0.05) is 116 Å². The van der Waals surface area contributed by atoms with E-state index in [1.807, 2.05) is 49.4 Å². The second-order valence-electron chi connectivity index (χ2n) is 21.6. The molecular formula is C68H74N4O16S2. The Labute approximate surface area is 525 Å². The zero-order chi connectivity index (χ0) is 66.1. The molecule has 7 aromatic carbocycles. The number of rotatable bonds is 23. The Bertz CT molecular complexity index is 3950. The number of methoxy groups -OCH3 is 7. The molecule has 0 amide bonds. The first-order valence-electron chi connectivity index (χ1n) is 27.8. The van der Waals surface area contributed by atoms with Gasteiger partial charge in [0.05, 0.1) is 51.6 Å². The number of allylic oxidation sites excluding steroid dienone is 1. The van der Waals surface area contributed by atoms with Crippen LogP contribution in [0, 0.1) is 18.3 Å².